The highest BCUT2D eigenvalue weighted by atomic mass is 79.9. The molecule has 0 aliphatic heterocycles. The molecule has 0 atom stereocenters. The number of halogens is 3. The van der Waals surface area contributed by atoms with Crippen LogP contribution in [0.1, 0.15) is 11.1 Å². The molecule has 0 fully saturated rings. The van der Waals surface area contributed by atoms with Crippen LogP contribution in [0.4, 0.5) is 5.69 Å². The molecule has 1 aromatic heterocycles. The third-order valence-corrected chi connectivity index (χ3v) is 5.29. The van der Waals surface area contributed by atoms with E-state index in [0.29, 0.717) is 0 Å². The van der Waals surface area contributed by atoms with Crippen LogP contribution in [-0.4, -0.2) is 7.05 Å². The number of alkyl halides is 1. The summed E-state index contributed by atoms with van der Waals surface area (Å²) in [6.45, 7) is 0.920. The highest BCUT2D eigenvalue weighted by Crippen LogP contribution is 2.28. The number of hydrogen-bond acceptors (Lipinski definition) is 2. The second-order valence-corrected chi connectivity index (χ2v) is 7.79. The van der Waals surface area contributed by atoms with Crippen LogP contribution in [0.2, 0.25) is 0 Å². The molecule has 1 aromatic carbocycles. The molecule has 0 amide bonds. The minimum Gasteiger partial charge on any atom is -0.370 e. The van der Waals surface area contributed by atoms with E-state index >= 15 is 0 Å². The molecule has 0 aliphatic carbocycles. The molecule has 0 saturated heterocycles. The molecule has 0 N–H and O–H groups in total. The van der Waals surface area contributed by atoms with Gasteiger partial charge < -0.3 is 4.90 Å². The van der Waals surface area contributed by atoms with Crippen molar-refractivity contribution in [3.8, 4) is 0 Å². The molecular formula is C13H12Br3NS. The van der Waals surface area contributed by atoms with Gasteiger partial charge >= 0.3 is 0 Å². The molecule has 1 nitrogen and oxygen atoms in total. The van der Waals surface area contributed by atoms with E-state index in [1.807, 2.05) is 0 Å². The zero-order chi connectivity index (χ0) is 13.1. The SMILES string of the molecule is CN(Cc1csc(Br)c1)c1ccc(Br)cc1CBr. The summed E-state index contributed by atoms with van der Waals surface area (Å²) in [4.78, 5) is 2.28. The van der Waals surface area contributed by atoms with Crippen LogP contribution in [0.3, 0.4) is 0 Å². The van der Waals surface area contributed by atoms with Gasteiger partial charge in [0, 0.05) is 29.1 Å². The van der Waals surface area contributed by atoms with E-state index in [0.717, 1.165) is 16.3 Å². The fourth-order valence-corrected chi connectivity index (χ4v) is 3.88. The summed E-state index contributed by atoms with van der Waals surface area (Å²) in [5.74, 6) is 0. The van der Waals surface area contributed by atoms with Gasteiger partial charge in [0.15, 0.2) is 0 Å². The van der Waals surface area contributed by atoms with Crippen molar-refractivity contribution in [2.75, 3.05) is 11.9 Å². The van der Waals surface area contributed by atoms with Crippen LogP contribution in [0.5, 0.6) is 0 Å². The zero-order valence-corrected chi connectivity index (χ0v) is 15.4. The van der Waals surface area contributed by atoms with Crippen molar-refractivity contribution in [1.82, 2.24) is 0 Å². The van der Waals surface area contributed by atoms with Crippen LogP contribution in [0.25, 0.3) is 0 Å². The molecule has 2 rings (SSSR count). The Hall–Kier alpha value is 0.160. The van der Waals surface area contributed by atoms with Gasteiger partial charge in [-0.05, 0) is 56.7 Å². The fourth-order valence-electron chi connectivity index (χ4n) is 1.82. The van der Waals surface area contributed by atoms with Crippen LogP contribution >= 0.6 is 59.1 Å². The van der Waals surface area contributed by atoms with E-state index in [4.69, 9.17) is 0 Å². The number of benzene rings is 1. The Kier molecular flexibility index (Phi) is 5.30. The van der Waals surface area contributed by atoms with Crippen LogP contribution in [0.15, 0.2) is 37.9 Å². The monoisotopic (exact) mass is 451 g/mol. The second kappa shape index (κ2) is 6.55. The average molecular weight is 454 g/mol. The van der Waals surface area contributed by atoms with Crippen LogP contribution in [0, 0.1) is 0 Å². The molecule has 96 valence electrons. The molecule has 5 heteroatoms. The summed E-state index contributed by atoms with van der Waals surface area (Å²) in [7, 11) is 2.13. The van der Waals surface area contributed by atoms with Crippen molar-refractivity contribution in [3.63, 3.8) is 0 Å². The Morgan fingerprint density at radius 1 is 1.22 bits per heavy atom. The third-order valence-electron chi connectivity index (χ3n) is 2.64. The maximum atomic E-state index is 3.55. The molecule has 0 aliphatic rings. The van der Waals surface area contributed by atoms with Crippen molar-refractivity contribution in [2.45, 2.75) is 11.9 Å². The fraction of sp³-hybridized carbons (Fsp3) is 0.231. The highest BCUT2D eigenvalue weighted by molar-refractivity contribution is 9.11. The van der Waals surface area contributed by atoms with Crippen molar-refractivity contribution in [2.24, 2.45) is 0 Å². The first kappa shape index (κ1) is 14.6. The van der Waals surface area contributed by atoms with Crippen molar-refractivity contribution >= 4 is 64.8 Å². The smallest absolute Gasteiger partial charge is 0.0701 e. The van der Waals surface area contributed by atoms with Crippen molar-refractivity contribution < 1.29 is 0 Å². The Labute approximate surface area is 137 Å². The summed E-state index contributed by atoms with van der Waals surface area (Å²) in [6.07, 6.45) is 0. The first-order valence-electron chi connectivity index (χ1n) is 5.38. The number of anilines is 1. The van der Waals surface area contributed by atoms with Gasteiger partial charge in [0.1, 0.15) is 0 Å². The molecule has 0 bridgehead atoms. The van der Waals surface area contributed by atoms with Crippen molar-refractivity contribution in [3.05, 3.63) is 49.0 Å². The summed E-state index contributed by atoms with van der Waals surface area (Å²) in [5, 5.41) is 3.05. The third kappa shape index (κ3) is 3.59. The van der Waals surface area contributed by atoms with Gasteiger partial charge in [0.25, 0.3) is 0 Å². The van der Waals surface area contributed by atoms with Gasteiger partial charge in [-0.25, -0.2) is 0 Å². The lowest BCUT2D eigenvalue weighted by Gasteiger charge is -2.21. The van der Waals surface area contributed by atoms with E-state index in [-0.39, 0.29) is 0 Å². The van der Waals surface area contributed by atoms with Gasteiger partial charge in [-0.1, -0.05) is 31.9 Å². The lowest BCUT2D eigenvalue weighted by atomic mass is 10.2. The summed E-state index contributed by atoms with van der Waals surface area (Å²) < 4.78 is 2.30. The minimum absolute atomic E-state index is 0.861. The maximum absolute atomic E-state index is 3.55. The first-order valence-corrected chi connectivity index (χ1v) is 8.97. The maximum Gasteiger partial charge on any atom is 0.0701 e. The van der Waals surface area contributed by atoms with Gasteiger partial charge in [-0.2, -0.15) is 0 Å². The summed E-state index contributed by atoms with van der Waals surface area (Å²) in [5.41, 5.74) is 3.89. The standard InChI is InChI=1S/C13H12Br3NS/c1-17(7-9-4-13(16)18-8-9)12-3-2-11(15)5-10(12)6-14/h2-5,8H,6-7H2,1H3. The average Bonchev–Trinajstić information content (AvgIpc) is 2.74. The number of nitrogens with zero attached hydrogens (tertiary/aromatic N) is 1. The molecule has 18 heavy (non-hydrogen) atoms. The molecule has 0 spiro atoms. The Balaban J connectivity index is 2.20. The molecule has 1 heterocycles. The van der Waals surface area contributed by atoms with E-state index in [1.54, 1.807) is 11.3 Å². The summed E-state index contributed by atoms with van der Waals surface area (Å²) in [6, 6.07) is 8.57. The highest BCUT2D eigenvalue weighted by Gasteiger charge is 2.08. The van der Waals surface area contributed by atoms with Gasteiger partial charge in [0.05, 0.1) is 3.79 Å². The lowest BCUT2D eigenvalue weighted by molar-refractivity contribution is 0.920. The zero-order valence-electron chi connectivity index (χ0n) is 9.79. The topological polar surface area (TPSA) is 3.24 Å². The van der Waals surface area contributed by atoms with E-state index in [2.05, 4.69) is 89.4 Å². The molecule has 0 unspecified atom stereocenters. The van der Waals surface area contributed by atoms with Crippen LogP contribution in [-0.2, 0) is 11.9 Å². The predicted octanol–water partition coefficient (Wildman–Crippen LogP) is 5.80. The van der Waals surface area contributed by atoms with Gasteiger partial charge in [-0.15, -0.1) is 11.3 Å². The molecule has 0 saturated carbocycles. The van der Waals surface area contributed by atoms with E-state index in [9.17, 15) is 0 Å². The van der Waals surface area contributed by atoms with Crippen LogP contribution < -0.4 is 4.90 Å². The second-order valence-electron chi connectivity index (χ2n) is 4.02. The number of hydrogen-bond donors (Lipinski definition) is 0. The normalized spacial score (nSPS) is 10.7. The lowest BCUT2D eigenvalue weighted by Crippen LogP contribution is -2.17. The van der Waals surface area contributed by atoms with E-state index < -0.39 is 0 Å². The molecular weight excluding hydrogens is 442 g/mol. The largest absolute Gasteiger partial charge is 0.370 e. The van der Waals surface area contributed by atoms with E-state index in [1.165, 1.54) is 20.6 Å². The van der Waals surface area contributed by atoms with Gasteiger partial charge in [0.2, 0.25) is 0 Å². The van der Waals surface area contributed by atoms with Gasteiger partial charge in [-0.3, -0.25) is 0 Å². The number of rotatable bonds is 4. The summed E-state index contributed by atoms with van der Waals surface area (Å²) >= 11 is 12.3. The predicted molar refractivity (Wildman–Crippen MR) is 90.9 cm³/mol. The Morgan fingerprint density at radius 3 is 2.61 bits per heavy atom. The number of thiophene rings is 1. The van der Waals surface area contributed by atoms with Crippen molar-refractivity contribution in [1.29, 1.82) is 0 Å². The first-order chi connectivity index (χ1) is 8.60. The molecule has 0 radical (unpaired) electrons. The quantitative estimate of drug-likeness (QED) is 0.528. The molecule has 2 aromatic rings. The Bertz CT molecular complexity index is 539. The Morgan fingerprint density at radius 2 is 2.00 bits per heavy atom. The minimum atomic E-state index is 0.861.